The molecule has 7 heteroatoms. The van der Waals surface area contributed by atoms with Gasteiger partial charge in [0, 0.05) is 36.4 Å². The zero-order valence-electron chi connectivity index (χ0n) is 19.0. The quantitative estimate of drug-likeness (QED) is 0.550. The molecule has 0 radical (unpaired) electrons. The van der Waals surface area contributed by atoms with Crippen LogP contribution in [0.1, 0.15) is 55.2 Å². The number of para-hydroxylation sites is 1. The van der Waals surface area contributed by atoms with E-state index < -0.39 is 10.0 Å². The van der Waals surface area contributed by atoms with Crippen LogP contribution >= 0.6 is 0 Å². The van der Waals surface area contributed by atoms with Crippen molar-refractivity contribution in [3.05, 3.63) is 65.4 Å². The van der Waals surface area contributed by atoms with Crippen molar-refractivity contribution in [1.29, 1.82) is 0 Å². The van der Waals surface area contributed by atoms with Crippen molar-refractivity contribution in [1.82, 2.24) is 9.29 Å². The summed E-state index contributed by atoms with van der Waals surface area (Å²) in [7, 11) is -3.54. The van der Waals surface area contributed by atoms with Crippen LogP contribution in [0.2, 0.25) is 0 Å². The van der Waals surface area contributed by atoms with Gasteiger partial charge in [-0.2, -0.15) is 4.31 Å². The summed E-state index contributed by atoms with van der Waals surface area (Å²) >= 11 is 0. The van der Waals surface area contributed by atoms with Gasteiger partial charge in [0.25, 0.3) is 5.91 Å². The van der Waals surface area contributed by atoms with E-state index in [0.717, 1.165) is 27.8 Å². The largest absolute Gasteiger partial charge is 0.308 e. The molecule has 3 aromatic rings. The van der Waals surface area contributed by atoms with E-state index in [4.69, 9.17) is 4.98 Å². The number of sulfonamides is 1. The molecule has 6 nitrogen and oxygen atoms in total. The first-order valence-corrected chi connectivity index (χ1v) is 12.6. The summed E-state index contributed by atoms with van der Waals surface area (Å²) in [6.07, 6.45) is 0.628. The standard InChI is InChI=1S/C25H29N3O3S/c1-5-27(6-2)32(30,31)19-11-12-24-18(15-19)13-14-28(24)25(29)21-16-23(17(3)4)26-22-10-8-7-9-20(21)22/h7-12,15-17H,5-6,13-14H2,1-4H3. The van der Waals surface area contributed by atoms with Gasteiger partial charge in [-0.3, -0.25) is 9.78 Å². The second kappa shape index (κ2) is 8.64. The predicted octanol–water partition coefficient (Wildman–Crippen LogP) is 4.59. The highest BCUT2D eigenvalue weighted by molar-refractivity contribution is 7.89. The molecular weight excluding hydrogens is 422 g/mol. The van der Waals surface area contributed by atoms with Crippen LogP contribution in [0.5, 0.6) is 0 Å². The summed E-state index contributed by atoms with van der Waals surface area (Å²) in [4.78, 5) is 20.4. The van der Waals surface area contributed by atoms with Crippen LogP contribution in [0.4, 0.5) is 5.69 Å². The monoisotopic (exact) mass is 451 g/mol. The molecule has 0 bridgehead atoms. The van der Waals surface area contributed by atoms with Gasteiger partial charge in [-0.05, 0) is 48.2 Å². The summed E-state index contributed by atoms with van der Waals surface area (Å²) in [6, 6.07) is 14.7. The number of nitrogens with zero attached hydrogens (tertiary/aromatic N) is 3. The first kappa shape index (κ1) is 22.4. The van der Waals surface area contributed by atoms with Gasteiger partial charge < -0.3 is 4.90 Å². The lowest BCUT2D eigenvalue weighted by Crippen LogP contribution is -2.31. The van der Waals surface area contributed by atoms with Gasteiger partial charge >= 0.3 is 0 Å². The number of fused-ring (bicyclic) bond motifs is 2. The van der Waals surface area contributed by atoms with Crippen molar-refractivity contribution in [2.24, 2.45) is 0 Å². The van der Waals surface area contributed by atoms with Gasteiger partial charge in [0.15, 0.2) is 0 Å². The van der Waals surface area contributed by atoms with Crippen molar-refractivity contribution in [3.63, 3.8) is 0 Å². The minimum absolute atomic E-state index is 0.0800. The molecule has 0 spiro atoms. The molecule has 32 heavy (non-hydrogen) atoms. The van der Waals surface area contributed by atoms with Crippen molar-refractivity contribution in [3.8, 4) is 0 Å². The maximum absolute atomic E-state index is 13.7. The summed E-state index contributed by atoms with van der Waals surface area (Å²) in [5.74, 6) is 0.119. The molecule has 2 heterocycles. The van der Waals surface area contributed by atoms with E-state index in [-0.39, 0.29) is 16.7 Å². The van der Waals surface area contributed by atoms with Gasteiger partial charge in [-0.25, -0.2) is 8.42 Å². The average Bonchev–Trinajstić information content (AvgIpc) is 3.21. The molecule has 1 amide bonds. The molecule has 0 N–H and O–H groups in total. The summed E-state index contributed by atoms with van der Waals surface area (Å²) < 4.78 is 27.3. The molecule has 0 saturated carbocycles. The van der Waals surface area contributed by atoms with Crippen LogP contribution in [0.15, 0.2) is 53.4 Å². The molecular formula is C25H29N3O3S. The highest BCUT2D eigenvalue weighted by atomic mass is 32.2. The minimum Gasteiger partial charge on any atom is -0.308 e. The molecule has 0 saturated heterocycles. The number of rotatable bonds is 6. The Morgan fingerprint density at radius 2 is 1.81 bits per heavy atom. The molecule has 1 aromatic heterocycles. The van der Waals surface area contributed by atoms with Crippen LogP contribution in [0.3, 0.4) is 0 Å². The lowest BCUT2D eigenvalue weighted by Gasteiger charge is -2.21. The Kier molecular flexibility index (Phi) is 6.05. The predicted molar refractivity (Wildman–Crippen MR) is 128 cm³/mol. The fourth-order valence-electron chi connectivity index (χ4n) is 4.28. The number of hydrogen-bond acceptors (Lipinski definition) is 4. The highest BCUT2D eigenvalue weighted by Gasteiger charge is 2.30. The van der Waals surface area contributed by atoms with Crippen LogP contribution in [0.25, 0.3) is 10.9 Å². The third kappa shape index (κ3) is 3.80. The number of hydrogen-bond donors (Lipinski definition) is 0. The van der Waals surface area contributed by atoms with Gasteiger partial charge in [0.05, 0.1) is 16.0 Å². The number of amides is 1. The number of carbonyl (C=O) groups excluding carboxylic acids is 1. The fraction of sp³-hybridized carbons (Fsp3) is 0.360. The third-order valence-electron chi connectivity index (χ3n) is 6.09. The molecule has 2 aromatic carbocycles. The lowest BCUT2D eigenvalue weighted by molar-refractivity contribution is 0.0991. The summed E-state index contributed by atoms with van der Waals surface area (Å²) in [6.45, 7) is 9.17. The Morgan fingerprint density at radius 1 is 1.09 bits per heavy atom. The van der Waals surface area contributed by atoms with Crippen LogP contribution < -0.4 is 4.90 Å². The molecule has 0 atom stereocenters. The van der Waals surface area contributed by atoms with Crippen LogP contribution in [-0.2, 0) is 16.4 Å². The molecule has 4 rings (SSSR count). The maximum atomic E-state index is 13.7. The van der Waals surface area contributed by atoms with Crippen molar-refractivity contribution in [2.45, 2.75) is 44.9 Å². The highest BCUT2D eigenvalue weighted by Crippen LogP contribution is 2.33. The Hall–Kier alpha value is -2.77. The fourth-order valence-corrected chi connectivity index (χ4v) is 5.79. The zero-order chi connectivity index (χ0) is 23.0. The number of anilines is 1. The molecule has 0 fully saturated rings. The van der Waals surface area contributed by atoms with Crippen LogP contribution in [0, 0.1) is 0 Å². The molecule has 1 aliphatic heterocycles. The topological polar surface area (TPSA) is 70.6 Å². The number of pyridine rings is 1. The Morgan fingerprint density at radius 3 is 2.50 bits per heavy atom. The van der Waals surface area contributed by atoms with E-state index in [1.54, 1.807) is 23.1 Å². The third-order valence-corrected chi connectivity index (χ3v) is 8.14. The zero-order valence-corrected chi connectivity index (χ0v) is 19.8. The Bertz CT molecular complexity index is 1280. The maximum Gasteiger partial charge on any atom is 0.259 e. The van der Waals surface area contributed by atoms with Gasteiger partial charge in [0.2, 0.25) is 10.0 Å². The average molecular weight is 452 g/mol. The molecule has 168 valence electrons. The minimum atomic E-state index is -3.54. The smallest absolute Gasteiger partial charge is 0.259 e. The molecule has 1 aliphatic rings. The normalized spacial score (nSPS) is 13.9. The van der Waals surface area contributed by atoms with E-state index >= 15 is 0 Å². The number of benzene rings is 2. The van der Waals surface area contributed by atoms with Crippen molar-refractivity contribution >= 4 is 32.5 Å². The number of aromatic nitrogens is 1. The van der Waals surface area contributed by atoms with E-state index in [2.05, 4.69) is 13.8 Å². The van der Waals surface area contributed by atoms with Crippen molar-refractivity contribution in [2.75, 3.05) is 24.5 Å². The number of carbonyl (C=O) groups is 1. The molecule has 0 unspecified atom stereocenters. The Labute approximate surface area is 189 Å². The van der Waals surface area contributed by atoms with Crippen LogP contribution in [-0.4, -0.2) is 43.2 Å². The second-order valence-electron chi connectivity index (χ2n) is 8.35. The van der Waals surface area contributed by atoms with E-state index in [9.17, 15) is 13.2 Å². The van der Waals surface area contributed by atoms with E-state index in [1.165, 1.54) is 4.31 Å². The Balaban J connectivity index is 1.74. The summed E-state index contributed by atoms with van der Waals surface area (Å²) in [5, 5.41) is 0.830. The van der Waals surface area contributed by atoms with E-state index in [1.807, 2.05) is 44.2 Å². The van der Waals surface area contributed by atoms with E-state index in [0.29, 0.717) is 31.6 Å². The lowest BCUT2D eigenvalue weighted by atomic mass is 10.0. The van der Waals surface area contributed by atoms with Gasteiger partial charge in [-0.1, -0.05) is 45.9 Å². The SMILES string of the molecule is CCN(CC)S(=O)(=O)c1ccc2c(c1)CCN2C(=O)c1cc(C(C)C)nc2ccccc12. The van der Waals surface area contributed by atoms with Gasteiger partial charge in [-0.15, -0.1) is 0 Å². The summed E-state index contributed by atoms with van der Waals surface area (Å²) in [5.41, 5.74) is 3.98. The van der Waals surface area contributed by atoms with Crippen molar-refractivity contribution < 1.29 is 13.2 Å². The van der Waals surface area contributed by atoms with Gasteiger partial charge in [0.1, 0.15) is 0 Å². The first-order valence-electron chi connectivity index (χ1n) is 11.1. The second-order valence-corrected chi connectivity index (χ2v) is 10.3. The first-order chi connectivity index (χ1) is 15.3. The molecule has 0 aliphatic carbocycles.